The lowest BCUT2D eigenvalue weighted by atomic mass is 10.0. The quantitative estimate of drug-likeness (QED) is 0.432. The molecule has 0 atom stereocenters. The number of tetrazole rings is 1. The Morgan fingerprint density at radius 2 is 2.09 bits per heavy atom. The Hall–Kier alpha value is -4.01. The van der Waals surface area contributed by atoms with E-state index in [0.29, 0.717) is 34.4 Å². The number of hydrogen-bond donors (Lipinski definition) is 1. The van der Waals surface area contributed by atoms with Gasteiger partial charge in [0.15, 0.2) is 5.82 Å². The fraction of sp³-hybridized carbons (Fsp3) is 0.292. The van der Waals surface area contributed by atoms with E-state index in [1.165, 1.54) is 0 Å². The minimum Gasteiger partial charge on any atom is -0.497 e. The average molecular weight is 445 g/mol. The summed E-state index contributed by atoms with van der Waals surface area (Å²) in [6.45, 7) is 1.87. The average Bonchev–Trinajstić information content (AvgIpc) is 3.54. The highest BCUT2D eigenvalue weighted by atomic mass is 16.5. The summed E-state index contributed by atoms with van der Waals surface area (Å²) in [4.78, 5) is 25.2. The van der Waals surface area contributed by atoms with Gasteiger partial charge in [0.25, 0.3) is 0 Å². The number of aryl methyl sites for hydroxylation is 1. The molecule has 4 aromatic rings. The fourth-order valence-electron chi connectivity index (χ4n) is 3.94. The molecule has 0 unspecified atom stereocenters. The minimum atomic E-state index is -0.435. The molecule has 33 heavy (non-hydrogen) atoms. The number of nitrogens with one attached hydrogen (secondary N) is 1. The molecular weight excluding hydrogens is 422 g/mol. The molecule has 168 valence electrons. The Kier molecular flexibility index (Phi) is 5.37. The van der Waals surface area contributed by atoms with Gasteiger partial charge in [0.05, 0.1) is 13.2 Å². The highest BCUT2D eigenvalue weighted by Crippen LogP contribution is 2.36. The maximum atomic E-state index is 12.6. The summed E-state index contributed by atoms with van der Waals surface area (Å²) in [7, 11) is 1.56. The molecule has 1 aliphatic carbocycles. The van der Waals surface area contributed by atoms with E-state index in [9.17, 15) is 9.59 Å². The second-order valence-corrected chi connectivity index (χ2v) is 8.16. The van der Waals surface area contributed by atoms with Crippen LogP contribution in [0.4, 0.5) is 5.69 Å². The molecule has 0 bridgehead atoms. The van der Waals surface area contributed by atoms with Gasteiger partial charge in [0, 0.05) is 34.7 Å². The molecule has 1 N–H and O–H groups in total. The maximum absolute atomic E-state index is 12.6. The van der Waals surface area contributed by atoms with Gasteiger partial charge in [0.1, 0.15) is 11.3 Å². The zero-order chi connectivity index (χ0) is 22.9. The highest BCUT2D eigenvalue weighted by molar-refractivity contribution is 5.91. The maximum Gasteiger partial charge on any atom is 0.339 e. The Bertz CT molecular complexity index is 1400. The van der Waals surface area contributed by atoms with E-state index in [0.717, 1.165) is 29.4 Å². The van der Waals surface area contributed by atoms with Crippen molar-refractivity contribution >= 4 is 22.6 Å². The highest BCUT2D eigenvalue weighted by Gasteiger charge is 2.28. The van der Waals surface area contributed by atoms with Crippen LogP contribution in [0.2, 0.25) is 0 Å². The third-order valence-corrected chi connectivity index (χ3v) is 5.89. The summed E-state index contributed by atoms with van der Waals surface area (Å²) >= 11 is 0. The van der Waals surface area contributed by atoms with E-state index in [-0.39, 0.29) is 18.7 Å². The van der Waals surface area contributed by atoms with E-state index in [1.807, 2.05) is 48.0 Å². The molecule has 1 fully saturated rings. The van der Waals surface area contributed by atoms with Crippen LogP contribution in [0.15, 0.2) is 51.7 Å². The van der Waals surface area contributed by atoms with Crippen molar-refractivity contribution in [3.8, 4) is 17.1 Å². The van der Waals surface area contributed by atoms with Gasteiger partial charge < -0.3 is 14.5 Å². The van der Waals surface area contributed by atoms with Crippen molar-refractivity contribution in [3.05, 3.63) is 64.0 Å². The third-order valence-electron chi connectivity index (χ3n) is 5.89. The van der Waals surface area contributed by atoms with Crippen molar-refractivity contribution in [1.82, 2.24) is 20.2 Å². The van der Waals surface area contributed by atoms with E-state index < -0.39 is 5.63 Å². The van der Waals surface area contributed by atoms with Gasteiger partial charge in [-0.2, -0.15) is 0 Å². The summed E-state index contributed by atoms with van der Waals surface area (Å²) in [5, 5.41) is 15.7. The number of nitrogens with zero attached hydrogens (tertiary/aromatic N) is 4. The molecule has 5 rings (SSSR count). The number of methoxy groups -OCH3 is 1. The van der Waals surface area contributed by atoms with Crippen molar-refractivity contribution in [1.29, 1.82) is 0 Å². The van der Waals surface area contributed by atoms with Crippen LogP contribution in [0, 0.1) is 6.92 Å². The molecule has 1 aliphatic rings. The predicted octanol–water partition coefficient (Wildman–Crippen LogP) is 3.67. The Labute approximate surface area is 189 Å². The number of fused-ring (bicyclic) bond motifs is 1. The smallest absolute Gasteiger partial charge is 0.339 e. The normalized spacial score (nSPS) is 13.3. The first-order chi connectivity index (χ1) is 16.0. The van der Waals surface area contributed by atoms with Crippen molar-refractivity contribution in [2.75, 3.05) is 12.4 Å². The summed E-state index contributed by atoms with van der Waals surface area (Å²) < 4.78 is 12.5. The Balaban J connectivity index is 1.30. The topological polar surface area (TPSA) is 112 Å². The first kappa shape index (κ1) is 20.9. The molecule has 0 spiro atoms. The summed E-state index contributed by atoms with van der Waals surface area (Å²) in [5.74, 6) is 1.11. The van der Waals surface area contributed by atoms with E-state index in [2.05, 4.69) is 20.8 Å². The van der Waals surface area contributed by atoms with Crippen LogP contribution in [0.1, 0.15) is 36.4 Å². The first-order valence-corrected chi connectivity index (χ1v) is 10.8. The van der Waals surface area contributed by atoms with Crippen LogP contribution in [0.25, 0.3) is 22.4 Å². The lowest BCUT2D eigenvalue weighted by Gasteiger charge is -2.10. The number of aromatic nitrogens is 4. The fourth-order valence-corrected chi connectivity index (χ4v) is 3.94. The van der Waals surface area contributed by atoms with Crippen molar-refractivity contribution in [2.45, 2.75) is 38.6 Å². The lowest BCUT2D eigenvalue weighted by molar-refractivity contribution is -0.116. The number of hydrogen-bond acceptors (Lipinski definition) is 7. The molecule has 2 aromatic heterocycles. The molecule has 1 saturated carbocycles. The van der Waals surface area contributed by atoms with Crippen LogP contribution in [-0.2, 0) is 11.2 Å². The molecule has 2 heterocycles. The van der Waals surface area contributed by atoms with Gasteiger partial charge in [-0.1, -0.05) is 12.1 Å². The molecule has 0 radical (unpaired) electrons. The number of benzene rings is 2. The summed E-state index contributed by atoms with van der Waals surface area (Å²) in [5.41, 5.74) is 2.83. The number of carbonyl (C=O) groups excluding carboxylic acids is 1. The van der Waals surface area contributed by atoms with E-state index >= 15 is 0 Å². The Morgan fingerprint density at radius 3 is 2.88 bits per heavy atom. The van der Waals surface area contributed by atoms with Gasteiger partial charge in [0.2, 0.25) is 5.91 Å². The largest absolute Gasteiger partial charge is 0.497 e. The molecule has 2 aromatic carbocycles. The third kappa shape index (κ3) is 4.21. The van der Waals surface area contributed by atoms with Crippen LogP contribution in [-0.4, -0.2) is 33.2 Å². The molecule has 9 nitrogen and oxygen atoms in total. The second kappa shape index (κ2) is 8.50. The zero-order valence-electron chi connectivity index (χ0n) is 18.4. The number of ether oxygens (including phenoxy) is 1. The van der Waals surface area contributed by atoms with Crippen LogP contribution in [0.3, 0.4) is 0 Å². The monoisotopic (exact) mass is 445 g/mol. The Morgan fingerprint density at radius 1 is 1.24 bits per heavy atom. The minimum absolute atomic E-state index is 0.150. The van der Waals surface area contributed by atoms with Gasteiger partial charge >= 0.3 is 5.63 Å². The number of carbonyl (C=O) groups is 1. The SMILES string of the molecule is COc1ccc2c(C)c(CCC(=O)Nc3cccc(-c4nnnn4C4CC4)c3)c(=O)oc2c1. The first-order valence-electron chi connectivity index (χ1n) is 10.8. The van der Waals surface area contributed by atoms with Crippen molar-refractivity contribution in [2.24, 2.45) is 0 Å². The van der Waals surface area contributed by atoms with Gasteiger partial charge in [-0.3, -0.25) is 4.79 Å². The molecule has 1 amide bonds. The van der Waals surface area contributed by atoms with Gasteiger partial charge in [-0.15, -0.1) is 5.10 Å². The van der Waals surface area contributed by atoms with Crippen LogP contribution in [0.5, 0.6) is 5.75 Å². The molecule has 9 heteroatoms. The summed E-state index contributed by atoms with van der Waals surface area (Å²) in [6, 6.07) is 13.2. The molecule has 0 saturated heterocycles. The number of amides is 1. The van der Waals surface area contributed by atoms with E-state index in [1.54, 1.807) is 13.2 Å². The van der Waals surface area contributed by atoms with Crippen LogP contribution >= 0.6 is 0 Å². The second-order valence-electron chi connectivity index (χ2n) is 8.16. The number of anilines is 1. The molecule has 0 aliphatic heterocycles. The predicted molar refractivity (Wildman–Crippen MR) is 122 cm³/mol. The van der Waals surface area contributed by atoms with Crippen LogP contribution < -0.4 is 15.7 Å². The molecular formula is C24H23N5O4. The standard InChI is InChI=1S/C24H23N5O4/c1-14-19-9-8-18(32-2)13-21(19)33-24(31)20(14)10-11-22(30)25-16-5-3-4-15(12-16)23-26-27-28-29(23)17-6-7-17/h3-5,8-9,12-13,17H,6-7,10-11H2,1-2H3,(H,25,30). The number of rotatable bonds is 7. The van der Waals surface area contributed by atoms with Gasteiger partial charge in [-0.25, -0.2) is 9.48 Å². The summed E-state index contributed by atoms with van der Waals surface area (Å²) in [6.07, 6.45) is 2.58. The lowest BCUT2D eigenvalue weighted by Crippen LogP contribution is -2.16. The van der Waals surface area contributed by atoms with Crippen molar-refractivity contribution in [3.63, 3.8) is 0 Å². The zero-order valence-corrected chi connectivity index (χ0v) is 18.4. The van der Waals surface area contributed by atoms with E-state index in [4.69, 9.17) is 9.15 Å². The van der Waals surface area contributed by atoms with Crippen molar-refractivity contribution < 1.29 is 13.9 Å². The van der Waals surface area contributed by atoms with Gasteiger partial charge in [-0.05, 0) is 66.4 Å².